The molecule has 21 heavy (non-hydrogen) atoms. The number of anilines is 1. The highest BCUT2D eigenvalue weighted by Gasteiger charge is 2.22. The number of nitrogens with one attached hydrogen (secondary N) is 1. The van der Waals surface area contributed by atoms with Gasteiger partial charge in [0, 0.05) is 6.07 Å². The van der Waals surface area contributed by atoms with E-state index in [4.69, 9.17) is 15.8 Å². The molecule has 0 aromatic heterocycles. The summed E-state index contributed by atoms with van der Waals surface area (Å²) in [4.78, 5) is 10.5. The molecule has 0 spiro atoms. The summed E-state index contributed by atoms with van der Waals surface area (Å²) in [5.74, 6) is 0. The Labute approximate surface area is 129 Å². The Hall–Kier alpha value is -2.89. The Bertz CT molecular complexity index is 762. The lowest BCUT2D eigenvalue weighted by Crippen LogP contribution is -2.06. The van der Waals surface area contributed by atoms with Crippen LogP contribution in [0.4, 0.5) is 11.4 Å². The fourth-order valence-electron chi connectivity index (χ4n) is 1.53. The molecule has 0 saturated heterocycles. The largest absolute Gasteiger partial charge is 0.339 e. The molecule has 0 unspecified atom stereocenters. The van der Waals surface area contributed by atoms with Crippen LogP contribution in [0.2, 0.25) is 0 Å². The Morgan fingerprint density at radius 1 is 1.29 bits per heavy atom. The number of allylic oxidation sites excluding steroid dienone is 2. The predicted octanol–water partition coefficient (Wildman–Crippen LogP) is 3.21. The maximum Gasteiger partial charge on any atom is 0.294 e. The lowest BCUT2D eigenvalue weighted by atomic mass is 10.1. The molecule has 0 heterocycles. The molecular formula is C13H8BrN5O2. The Balaban J connectivity index is 3.60. The quantitative estimate of drug-likeness (QED) is 0.509. The molecule has 1 rings (SSSR count). The molecule has 0 fully saturated rings. The summed E-state index contributed by atoms with van der Waals surface area (Å²) in [6.45, 7) is 3.47. The van der Waals surface area contributed by atoms with Gasteiger partial charge in [-0.05, 0) is 40.9 Å². The minimum Gasteiger partial charge on any atom is -0.339 e. The number of benzene rings is 1. The normalized spacial score (nSPS) is 8.95. The van der Waals surface area contributed by atoms with Crippen LogP contribution in [0.25, 0.3) is 0 Å². The number of nitro groups is 1. The van der Waals surface area contributed by atoms with E-state index in [9.17, 15) is 10.1 Å². The van der Waals surface area contributed by atoms with Gasteiger partial charge in [-0.2, -0.15) is 15.8 Å². The lowest BCUT2D eigenvalue weighted by Gasteiger charge is -2.12. The van der Waals surface area contributed by atoms with Crippen LogP contribution in [0.5, 0.6) is 0 Å². The first kappa shape index (κ1) is 16.2. The summed E-state index contributed by atoms with van der Waals surface area (Å²) < 4.78 is 0.400. The average molecular weight is 346 g/mol. The summed E-state index contributed by atoms with van der Waals surface area (Å²) in [7, 11) is 0. The van der Waals surface area contributed by atoms with Gasteiger partial charge in [0.25, 0.3) is 5.69 Å². The van der Waals surface area contributed by atoms with Gasteiger partial charge in [-0.3, -0.25) is 10.1 Å². The van der Waals surface area contributed by atoms with E-state index in [1.54, 1.807) is 32.1 Å². The number of rotatable bonds is 3. The highest BCUT2D eigenvalue weighted by Crippen LogP contribution is 2.38. The molecule has 0 aliphatic carbocycles. The Morgan fingerprint density at radius 3 is 2.29 bits per heavy atom. The third-order valence-corrected chi connectivity index (χ3v) is 3.77. The summed E-state index contributed by atoms with van der Waals surface area (Å²) in [6, 6.07) is 6.15. The molecule has 1 aromatic carbocycles. The smallest absolute Gasteiger partial charge is 0.294 e. The third-order valence-electron chi connectivity index (χ3n) is 2.78. The van der Waals surface area contributed by atoms with E-state index in [1.807, 2.05) is 0 Å². The third kappa shape index (κ3) is 3.17. The fourth-order valence-corrected chi connectivity index (χ4v) is 2.14. The van der Waals surface area contributed by atoms with Crippen LogP contribution in [0.3, 0.4) is 0 Å². The van der Waals surface area contributed by atoms with Gasteiger partial charge in [0.1, 0.15) is 29.6 Å². The second-order valence-corrected chi connectivity index (χ2v) is 4.79. The first-order valence-electron chi connectivity index (χ1n) is 5.53. The van der Waals surface area contributed by atoms with E-state index in [1.165, 1.54) is 6.07 Å². The van der Waals surface area contributed by atoms with Crippen LogP contribution >= 0.6 is 15.9 Å². The van der Waals surface area contributed by atoms with Gasteiger partial charge in [-0.25, -0.2) is 0 Å². The van der Waals surface area contributed by atoms with Crippen LogP contribution in [0, 0.1) is 58.0 Å². The van der Waals surface area contributed by atoms with Gasteiger partial charge in [0.15, 0.2) is 5.57 Å². The molecule has 104 valence electrons. The second kappa shape index (κ2) is 6.51. The van der Waals surface area contributed by atoms with Crippen molar-refractivity contribution >= 4 is 27.3 Å². The molecule has 1 N–H and O–H groups in total. The fraction of sp³-hybridized carbons (Fsp3) is 0.154. The van der Waals surface area contributed by atoms with Crippen molar-refractivity contribution in [1.82, 2.24) is 0 Å². The number of aryl methyl sites for hydroxylation is 1. The molecule has 0 aliphatic heterocycles. The number of halogens is 1. The topological polar surface area (TPSA) is 127 Å². The number of nitriles is 3. The zero-order valence-corrected chi connectivity index (χ0v) is 12.6. The van der Waals surface area contributed by atoms with Crippen molar-refractivity contribution in [2.75, 3.05) is 5.32 Å². The van der Waals surface area contributed by atoms with E-state index in [0.717, 1.165) is 5.56 Å². The van der Waals surface area contributed by atoms with Crippen molar-refractivity contribution in [3.63, 3.8) is 0 Å². The van der Waals surface area contributed by atoms with E-state index >= 15 is 0 Å². The van der Waals surface area contributed by atoms with Gasteiger partial charge in [-0.1, -0.05) is 0 Å². The highest BCUT2D eigenvalue weighted by atomic mass is 79.9. The number of nitrogens with zero attached hydrogens (tertiary/aromatic N) is 4. The minimum absolute atomic E-state index is 0.0302. The van der Waals surface area contributed by atoms with Gasteiger partial charge < -0.3 is 5.32 Å². The van der Waals surface area contributed by atoms with E-state index in [2.05, 4.69) is 21.2 Å². The van der Waals surface area contributed by atoms with Crippen molar-refractivity contribution in [2.24, 2.45) is 0 Å². The maximum atomic E-state index is 11.1. The Morgan fingerprint density at radius 2 is 1.86 bits per heavy atom. The van der Waals surface area contributed by atoms with Crippen LogP contribution in [-0.2, 0) is 0 Å². The first-order chi connectivity index (χ1) is 9.87. The van der Waals surface area contributed by atoms with Crippen molar-refractivity contribution in [3.8, 4) is 18.2 Å². The predicted molar refractivity (Wildman–Crippen MR) is 77.8 cm³/mol. The zero-order chi connectivity index (χ0) is 16.2. The van der Waals surface area contributed by atoms with Crippen molar-refractivity contribution in [3.05, 3.63) is 43.1 Å². The van der Waals surface area contributed by atoms with Crippen LogP contribution < -0.4 is 5.32 Å². The van der Waals surface area contributed by atoms with Gasteiger partial charge in [-0.15, -0.1) is 0 Å². The molecule has 0 aliphatic rings. The van der Waals surface area contributed by atoms with E-state index in [-0.39, 0.29) is 17.1 Å². The van der Waals surface area contributed by atoms with Crippen molar-refractivity contribution < 1.29 is 4.92 Å². The van der Waals surface area contributed by atoms with Gasteiger partial charge >= 0.3 is 0 Å². The molecule has 1 aromatic rings. The average Bonchev–Trinajstić information content (AvgIpc) is 2.46. The molecule has 0 saturated carbocycles. The van der Waals surface area contributed by atoms with Crippen LogP contribution in [0.15, 0.2) is 21.8 Å². The molecule has 0 radical (unpaired) electrons. The van der Waals surface area contributed by atoms with Gasteiger partial charge in [0.05, 0.1) is 9.40 Å². The molecule has 0 bridgehead atoms. The minimum atomic E-state index is -0.604. The molecule has 7 nitrogen and oxygen atoms in total. The molecular weight excluding hydrogens is 338 g/mol. The van der Waals surface area contributed by atoms with E-state index in [0.29, 0.717) is 10.0 Å². The number of nitro benzene ring substituents is 1. The highest BCUT2D eigenvalue weighted by molar-refractivity contribution is 9.10. The molecule has 0 atom stereocenters. The van der Waals surface area contributed by atoms with Crippen molar-refractivity contribution in [2.45, 2.75) is 13.8 Å². The maximum absolute atomic E-state index is 11.1. The second-order valence-electron chi connectivity index (χ2n) is 3.99. The van der Waals surface area contributed by atoms with Crippen molar-refractivity contribution in [1.29, 1.82) is 15.8 Å². The number of hydrogen-bond donors (Lipinski definition) is 1. The monoisotopic (exact) mass is 345 g/mol. The van der Waals surface area contributed by atoms with Crippen LogP contribution in [-0.4, -0.2) is 4.92 Å². The summed E-state index contributed by atoms with van der Waals surface area (Å²) in [5.41, 5.74) is 0.429. The lowest BCUT2D eigenvalue weighted by molar-refractivity contribution is -0.384. The van der Waals surface area contributed by atoms with Crippen LogP contribution in [0.1, 0.15) is 11.1 Å². The summed E-state index contributed by atoms with van der Waals surface area (Å²) in [5, 5.41) is 40.2. The van der Waals surface area contributed by atoms with Gasteiger partial charge in [0.2, 0.25) is 0 Å². The standard InChI is InChI=1S/C13H8BrN5O2/c1-7-3-11(19(20)21)13(12(14)8(7)2)18-10(6-17)9(4-15)5-16/h3,18H,1-2H3. The Kier molecular flexibility index (Phi) is 5.01. The summed E-state index contributed by atoms with van der Waals surface area (Å²) >= 11 is 3.24. The van der Waals surface area contributed by atoms with E-state index < -0.39 is 10.5 Å². The molecule has 0 amide bonds. The first-order valence-corrected chi connectivity index (χ1v) is 6.32. The number of hydrogen-bond acceptors (Lipinski definition) is 6. The SMILES string of the molecule is Cc1cc([N+](=O)[O-])c(NC(C#N)=C(C#N)C#N)c(Br)c1C. The zero-order valence-electron chi connectivity index (χ0n) is 11.1. The summed E-state index contributed by atoms with van der Waals surface area (Å²) in [6.07, 6.45) is 0. The molecule has 8 heteroatoms.